The summed E-state index contributed by atoms with van der Waals surface area (Å²) in [4.78, 5) is 6.42. The first-order valence-corrected chi connectivity index (χ1v) is 11.6. The summed E-state index contributed by atoms with van der Waals surface area (Å²) in [5, 5.41) is 16.1. The molecule has 0 saturated heterocycles. The third-order valence-electron chi connectivity index (χ3n) is 5.29. The molecule has 0 spiro atoms. The highest BCUT2D eigenvalue weighted by atomic mass is 32.1. The molecule has 0 saturated carbocycles. The molecule has 6 nitrogen and oxygen atoms in total. The average Bonchev–Trinajstić information content (AvgIpc) is 3.37. The van der Waals surface area contributed by atoms with Gasteiger partial charge in [-0.2, -0.15) is 0 Å². The largest absolute Gasteiger partial charge is 0.496 e. The Bertz CT molecular complexity index is 960. The van der Waals surface area contributed by atoms with Crippen LogP contribution in [0.3, 0.4) is 0 Å². The summed E-state index contributed by atoms with van der Waals surface area (Å²) >= 11 is 1.78. The summed E-state index contributed by atoms with van der Waals surface area (Å²) in [5.74, 6) is 2.16. The van der Waals surface area contributed by atoms with Gasteiger partial charge in [0.2, 0.25) is 0 Å². The lowest BCUT2D eigenvalue weighted by Gasteiger charge is -2.24. The van der Waals surface area contributed by atoms with E-state index in [0.29, 0.717) is 5.92 Å². The highest BCUT2D eigenvalue weighted by Gasteiger charge is 2.21. The van der Waals surface area contributed by atoms with Crippen LogP contribution in [0.1, 0.15) is 75.5 Å². The highest BCUT2D eigenvalue weighted by Crippen LogP contribution is 2.31. The molecule has 0 aliphatic rings. The van der Waals surface area contributed by atoms with Gasteiger partial charge in [-0.1, -0.05) is 34.6 Å². The van der Waals surface area contributed by atoms with Crippen molar-refractivity contribution in [3.8, 4) is 11.4 Å². The number of methoxy groups -OCH3 is 1. The van der Waals surface area contributed by atoms with E-state index in [2.05, 4.69) is 54.6 Å². The van der Waals surface area contributed by atoms with Gasteiger partial charge in [-0.25, -0.2) is 4.98 Å². The Balaban J connectivity index is 1.64. The van der Waals surface area contributed by atoms with Crippen molar-refractivity contribution >= 4 is 11.3 Å². The van der Waals surface area contributed by atoms with Crippen LogP contribution in [0.15, 0.2) is 23.6 Å². The minimum Gasteiger partial charge on any atom is -0.496 e. The van der Waals surface area contributed by atoms with Crippen LogP contribution in [0.2, 0.25) is 0 Å². The second-order valence-corrected chi connectivity index (χ2v) is 9.76. The van der Waals surface area contributed by atoms with Gasteiger partial charge in [-0.05, 0) is 60.1 Å². The van der Waals surface area contributed by atoms with Crippen LogP contribution in [-0.4, -0.2) is 32.3 Å². The van der Waals surface area contributed by atoms with Crippen molar-refractivity contribution in [2.45, 2.75) is 72.6 Å². The molecule has 0 radical (unpaired) electrons. The maximum atomic E-state index is 5.59. The number of nitrogens with zero attached hydrogens (tertiary/aromatic N) is 5. The Kier molecular flexibility index (Phi) is 7.23. The molecule has 3 rings (SSSR count). The van der Waals surface area contributed by atoms with Crippen LogP contribution < -0.4 is 4.74 Å². The van der Waals surface area contributed by atoms with Crippen molar-refractivity contribution in [3.63, 3.8) is 0 Å². The first-order valence-electron chi connectivity index (χ1n) is 10.7. The zero-order valence-electron chi connectivity index (χ0n) is 19.0. The minimum atomic E-state index is 0.205. The first kappa shape index (κ1) is 22.4. The number of aryl methyl sites for hydroxylation is 2. The van der Waals surface area contributed by atoms with Crippen molar-refractivity contribution in [2.75, 3.05) is 7.11 Å². The van der Waals surface area contributed by atoms with Crippen molar-refractivity contribution in [2.24, 2.45) is 5.41 Å². The summed E-state index contributed by atoms with van der Waals surface area (Å²) in [5.41, 5.74) is 3.52. The lowest BCUT2D eigenvalue weighted by molar-refractivity contribution is 0.319. The van der Waals surface area contributed by atoms with E-state index >= 15 is 0 Å². The smallest absolute Gasteiger partial charge is 0.174 e. The third kappa shape index (κ3) is 5.65. The predicted molar refractivity (Wildman–Crippen MR) is 122 cm³/mol. The molecule has 0 atom stereocenters. The second kappa shape index (κ2) is 9.69. The molecule has 3 aromatic rings. The number of rotatable bonds is 10. The predicted octanol–water partition coefficient (Wildman–Crippen LogP) is 5.40. The van der Waals surface area contributed by atoms with Gasteiger partial charge in [0.1, 0.15) is 5.75 Å². The molecular weight excluding hydrogens is 394 g/mol. The lowest BCUT2D eigenvalue weighted by atomic mass is 9.82. The molecule has 30 heavy (non-hydrogen) atoms. The minimum absolute atomic E-state index is 0.205. The zero-order valence-corrected chi connectivity index (χ0v) is 19.8. The van der Waals surface area contributed by atoms with E-state index < -0.39 is 0 Å². The van der Waals surface area contributed by atoms with Crippen LogP contribution in [-0.2, 0) is 19.3 Å². The fourth-order valence-corrected chi connectivity index (χ4v) is 4.42. The van der Waals surface area contributed by atoms with Crippen LogP contribution in [0, 0.1) is 5.41 Å². The molecule has 0 aliphatic carbocycles. The van der Waals surface area contributed by atoms with Crippen LogP contribution in [0.25, 0.3) is 5.69 Å². The zero-order chi connectivity index (χ0) is 21.7. The Labute approximate surface area is 183 Å². The van der Waals surface area contributed by atoms with E-state index in [9.17, 15) is 0 Å². The van der Waals surface area contributed by atoms with Gasteiger partial charge in [-0.3, -0.25) is 0 Å². The average molecular weight is 428 g/mol. The Hall–Kier alpha value is -2.28. The summed E-state index contributed by atoms with van der Waals surface area (Å²) in [6, 6.07) is 6.08. The molecule has 0 aliphatic heterocycles. The standard InChI is InChI=1S/C23H33N5OS/c1-7-21-25-27-28(26-21)19-10-11-20(29-6)17(13-19)9-8-12-23(4,5)14-18-15-30-22(24-18)16(2)3/h10-11,13,15-16H,7-9,12,14H2,1-6H3. The molecule has 0 fully saturated rings. The monoisotopic (exact) mass is 427 g/mol. The van der Waals surface area contributed by atoms with Crippen molar-refractivity contribution in [1.29, 1.82) is 0 Å². The van der Waals surface area contributed by atoms with Crippen molar-refractivity contribution in [1.82, 2.24) is 25.2 Å². The van der Waals surface area contributed by atoms with E-state index in [0.717, 1.165) is 49.4 Å². The number of hydrogen-bond acceptors (Lipinski definition) is 6. The van der Waals surface area contributed by atoms with Crippen LogP contribution in [0.4, 0.5) is 0 Å². The highest BCUT2D eigenvalue weighted by molar-refractivity contribution is 7.09. The van der Waals surface area contributed by atoms with E-state index in [1.807, 2.05) is 19.1 Å². The number of aromatic nitrogens is 5. The number of ether oxygens (including phenoxy) is 1. The Morgan fingerprint density at radius 2 is 2.03 bits per heavy atom. The van der Waals surface area contributed by atoms with Gasteiger partial charge in [0.25, 0.3) is 0 Å². The Morgan fingerprint density at radius 1 is 1.23 bits per heavy atom. The van der Waals surface area contributed by atoms with E-state index in [1.54, 1.807) is 23.2 Å². The first-order chi connectivity index (χ1) is 14.3. The van der Waals surface area contributed by atoms with Gasteiger partial charge < -0.3 is 4.74 Å². The fourth-order valence-electron chi connectivity index (χ4n) is 3.58. The number of tetrazole rings is 1. The summed E-state index contributed by atoms with van der Waals surface area (Å²) in [7, 11) is 1.72. The van der Waals surface area contributed by atoms with Gasteiger partial charge in [0.15, 0.2) is 5.82 Å². The lowest BCUT2D eigenvalue weighted by Crippen LogP contribution is -2.16. The van der Waals surface area contributed by atoms with Crippen LogP contribution in [0.5, 0.6) is 5.75 Å². The molecule has 0 bridgehead atoms. The molecule has 2 aromatic heterocycles. The van der Waals surface area contributed by atoms with Gasteiger partial charge in [-0.15, -0.1) is 26.3 Å². The normalized spacial score (nSPS) is 12.0. The topological polar surface area (TPSA) is 65.7 Å². The maximum Gasteiger partial charge on any atom is 0.174 e. The third-order valence-corrected chi connectivity index (χ3v) is 6.48. The quantitative estimate of drug-likeness (QED) is 0.433. The van der Waals surface area contributed by atoms with Crippen LogP contribution >= 0.6 is 11.3 Å². The number of benzene rings is 1. The number of thiazole rings is 1. The molecule has 2 heterocycles. The van der Waals surface area contributed by atoms with E-state index in [4.69, 9.17) is 9.72 Å². The van der Waals surface area contributed by atoms with Gasteiger partial charge >= 0.3 is 0 Å². The fraction of sp³-hybridized carbons (Fsp3) is 0.565. The summed E-state index contributed by atoms with van der Waals surface area (Å²) in [6.07, 6.45) is 4.94. The van der Waals surface area contributed by atoms with E-state index in [1.165, 1.54) is 16.3 Å². The van der Waals surface area contributed by atoms with E-state index in [-0.39, 0.29) is 5.41 Å². The maximum absolute atomic E-state index is 5.59. The molecule has 0 amide bonds. The van der Waals surface area contributed by atoms with Gasteiger partial charge in [0, 0.05) is 17.7 Å². The van der Waals surface area contributed by atoms with Crippen molar-refractivity contribution in [3.05, 3.63) is 45.7 Å². The Morgan fingerprint density at radius 3 is 2.67 bits per heavy atom. The molecule has 162 valence electrons. The SMILES string of the molecule is CCc1nnn(-c2ccc(OC)c(CCCC(C)(C)Cc3csc(C(C)C)n3)c2)n1. The van der Waals surface area contributed by atoms with Gasteiger partial charge in [0.05, 0.1) is 23.5 Å². The molecule has 0 N–H and O–H groups in total. The molecule has 1 aromatic carbocycles. The molecule has 7 heteroatoms. The summed E-state index contributed by atoms with van der Waals surface area (Å²) in [6.45, 7) is 11.1. The second-order valence-electron chi connectivity index (χ2n) is 8.87. The number of hydrogen-bond donors (Lipinski definition) is 0. The summed E-state index contributed by atoms with van der Waals surface area (Å²) < 4.78 is 5.59. The van der Waals surface area contributed by atoms with Crippen molar-refractivity contribution < 1.29 is 4.74 Å². The molecule has 0 unspecified atom stereocenters. The molecular formula is C23H33N5OS.